The van der Waals surface area contributed by atoms with Crippen molar-refractivity contribution in [2.75, 3.05) is 13.2 Å². The second-order valence-electron chi connectivity index (χ2n) is 13.0. The Bertz CT molecular complexity index is 1840. The Morgan fingerprint density at radius 3 is 1.13 bits per heavy atom. The van der Waals surface area contributed by atoms with Crippen molar-refractivity contribution >= 4 is 23.9 Å². The van der Waals surface area contributed by atoms with Gasteiger partial charge in [0.15, 0.2) is 0 Å². The van der Waals surface area contributed by atoms with E-state index in [1.807, 2.05) is 91.0 Å². The molecule has 4 atom stereocenters. The third-order valence-electron chi connectivity index (χ3n) is 8.03. The van der Waals surface area contributed by atoms with Crippen LogP contribution in [0.25, 0.3) is 0 Å². The lowest BCUT2D eigenvalue weighted by Crippen LogP contribution is -2.39. The number of hydroxylamine groups is 1. The van der Waals surface area contributed by atoms with E-state index in [4.69, 9.17) is 47.8 Å². The van der Waals surface area contributed by atoms with Gasteiger partial charge in [-0.25, -0.2) is 0 Å². The molecule has 0 bridgehead atoms. The minimum absolute atomic E-state index is 0.168. The highest BCUT2D eigenvalue weighted by molar-refractivity contribution is 5.74. The van der Waals surface area contributed by atoms with Gasteiger partial charge < -0.3 is 53.2 Å². The van der Waals surface area contributed by atoms with Gasteiger partial charge in [-0.05, 0) is 77.9 Å². The molecule has 0 saturated carbocycles. The summed E-state index contributed by atoms with van der Waals surface area (Å²) in [6.07, 6.45) is 1.42. The lowest BCUT2D eigenvalue weighted by atomic mass is 10.1. The van der Waals surface area contributed by atoms with E-state index in [1.165, 1.54) is 12.1 Å². The van der Waals surface area contributed by atoms with E-state index < -0.39 is 48.0 Å². The number of carbonyl (C=O) groups is 4. The first kappa shape index (κ1) is 49.5. The molecule has 0 heterocycles. The summed E-state index contributed by atoms with van der Waals surface area (Å²) in [5, 5.41) is 44.0. The number of hydrogen-bond acceptors (Lipinski definition) is 12. The van der Waals surface area contributed by atoms with Crippen LogP contribution < -0.4 is 33.2 Å². The topological polar surface area (TPSA) is 304 Å². The molecule has 0 fully saturated rings. The molecule has 14 N–H and O–H groups in total. The minimum atomic E-state index is -1.00. The molecule has 0 radical (unpaired) electrons. The van der Waals surface area contributed by atoms with Crippen LogP contribution in [0.2, 0.25) is 0 Å². The standard InChI is InChI=1S/C17H20N2O5.3C9H11NO2/c18-9-10-23-19-16(17(21)22)11-12-1-5-14(6-2-12)24-15-7-3-13(20)4-8-15;3*10-8(9(11)12)6-7-4-2-1-3-5-7/h1-8,16,19-20H,9-11,18H2,(H,21,22);3*1-5,8H,6,10H2,(H,11,12)/t16-;3*8-/m0000/s1. The summed E-state index contributed by atoms with van der Waals surface area (Å²) in [5.74, 6) is -2.50. The molecule has 16 nitrogen and oxygen atoms in total. The molecule has 5 aromatic carbocycles. The van der Waals surface area contributed by atoms with E-state index in [0.717, 1.165) is 22.3 Å². The van der Waals surface area contributed by atoms with Crippen LogP contribution in [-0.4, -0.2) is 86.7 Å². The molecule has 0 spiro atoms. The molecule has 0 aromatic heterocycles. The molecule has 5 rings (SSSR count). The molecular formula is C44H53N5O11. The van der Waals surface area contributed by atoms with Crippen molar-refractivity contribution < 1.29 is 54.3 Å². The van der Waals surface area contributed by atoms with Crippen molar-refractivity contribution in [3.8, 4) is 17.2 Å². The van der Waals surface area contributed by atoms with Gasteiger partial charge in [0.25, 0.3) is 0 Å². The lowest BCUT2D eigenvalue weighted by Gasteiger charge is -2.14. The number of phenols is 1. The number of nitrogens with one attached hydrogen (secondary N) is 1. The minimum Gasteiger partial charge on any atom is -0.508 e. The number of nitrogens with two attached hydrogens (primary N) is 4. The van der Waals surface area contributed by atoms with Crippen LogP contribution >= 0.6 is 0 Å². The first-order valence-corrected chi connectivity index (χ1v) is 18.6. The summed E-state index contributed by atoms with van der Waals surface area (Å²) >= 11 is 0. The number of carboxylic acids is 4. The fraction of sp³-hybridized carbons (Fsp3) is 0.227. The number of ether oxygens (including phenoxy) is 1. The van der Waals surface area contributed by atoms with Gasteiger partial charge in [0.05, 0.1) is 6.61 Å². The second kappa shape index (κ2) is 27.9. The second-order valence-corrected chi connectivity index (χ2v) is 13.0. The highest BCUT2D eigenvalue weighted by Gasteiger charge is 2.18. The van der Waals surface area contributed by atoms with Crippen molar-refractivity contribution in [2.24, 2.45) is 22.9 Å². The Kier molecular flexibility index (Phi) is 23.0. The smallest absolute Gasteiger partial charge is 0.323 e. The van der Waals surface area contributed by atoms with Gasteiger partial charge in [-0.1, -0.05) is 103 Å². The zero-order chi connectivity index (χ0) is 44.3. The summed E-state index contributed by atoms with van der Waals surface area (Å²) in [5.41, 5.74) is 27.5. The van der Waals surface area contributed by atoms with E-state index in [9.17, 15) is 29.4 Å². The molecule has 60 heavy (non-hydrogen) atoms. The van der Waals surface area contributed by atoms with Crippen LogP contribution in [0.15, 0.2) is 140 Å². The van der Waals surface area contributed by atoms with E-state index in [1.54, 1.807) is 36.4 Å². The fourth-order valence-corrected chi connectivity index (χ4v) is 4.84. The van der Waals surface area contributed by atoms with Crippen LogP contribution in [-0.2, 0) is 49.7 Å². The number of benzene rings is 5. The molecule has 0 amide bonds. The van der Waals surface area contributed by atoms with Crippen molar-refractivity contribution in [3.63, 3.8) is 0 Å². The van der Waals surface area contributed by atoms with Gasteiger partial charge in [-0.2, -0.15) is 5.48 Å². The maximum Gasteiger partial charge on any atom is 0.323 e. The number of rotatable bonds is 18. The summed E-state index contributed by atoms with van der Waals surface area (Å²) < 4.78 is 5.64. The van der Waals surface area contributed by atoms with Gasteiger partial charge in [0, 0.05) is 13.0 Å². The SMILES string of the molecule is NCCON[C@@H](Cc1ccc(Oc2ccc(O)cc2)cc1)C(=O)O.N[C@@H](Cc1ccccc1)C(=O)O.N[C@@H](Cc1ccccc1)C(=O)O.N[C@@H](Cc1ccccc1)C(=O)O. The Morgan fingerprint density at radius 2 is 0.817 bits per heavy atom. The maximum absolute atomic E-state index is 11.2. The van der Waals surface area contributed by atoms with E-state index in [2.05, 4.69) is 5.48 Å². The van der Waals surface area contributed by atoms with Gasteiger partial charge in [-0.15, -0.1) is 0 Å². The first-order valence-electron chi connectivity index (χ1n) is 18.6. The Labute approximate surface area is 347 Å². The summed E-state index contributed by atoms with van der Waals surface area (Å²) in [7, 11) is 0. The van der Waals surface area contributed by atoms with Crippen LogP contribution in [0.5, 0.6) is 17.2 Å². The number of phenolic OH excluding ortho intramolecular Hbond substituents is 1. The van der Waals surface area contributed by atoms with Gasteiger partial charge in [0.2, 0.25) is 0 Å². The number of carboxylic acid groups (broad SMARTS) is 4. The fourth-order valence-electron chi connectivity index (χ4n) is 4.84. The average Bonchev–Trinajstić information content (AvgIpc) is 3.23. The quantitative estimate of drug-likeness (QED) is 0.0446. The third-order valence-corrected chi connectivity index (χ3v) is 8.03. The van der Waals surface area contributed by atoms with Crippen molar-refractivity contribution in [3.05, 3.63) is 162 Å². The summed E-state index contributed by atoms with van der Waals surface area (Å²) in [6, 6.07) is 38.2. The largest absolute Gasteiger partial charge is 0.508 e. The van der Waals surface area contributed by atoms with E-state index >= 15 is 0 Å². The Hall–Kier alpha value is -6.66. The van der Waals surface area contributed by atoms with Crippen LogP contribution in [0, 0.1) is 0 Å². The van der Waals surface area contributed by atoms with Crippen LogP contribution in [0.4, 0.5) is 0 Å². The molecule has 0 aliphatic carbocycles. The highest BCUT2D eigenvalue weighted by atomic mass is 16.6. The molecule has 5 aromatic rings. The summed E-state index contributed by atoms with van der Waals surface area (Å²) in [6.45, 7) is 0.547. The Morgan fingerprint density at radius 1 is 0.483 bits per heavy atom. The monoisotopic (exact) mass is 827 g/mol. The molecular weight excluding hydrogens is 775 g/mol. The molecule has 320 valence electrons. The predicted molar refractivity (Wildman–Crippen MR) is 225 cm³/mol. The number of aliphatic carboxylic acids is 4. The number of aromatic hydroxyl groups is 1. The predicted octanol–water partition coefficient (Wildman–Crippen LogP) is 3.58. The van der Waals surface area contributed by atoms with Gasteiger partial charge >= 0.3 is 23.9 Å². The van der Waals surface area contributed by atoms with E-state index in [-0.39, 0.29) is 18.8 Å². The van der Waals surface area contributed by atoms with Crippen molar-refractivity contribution in [1.82, 2.24) is 5.48 Å². The van der Waals surface area contributed by atoms with Crippen molar-refractivity contribution in [2.45, 2.75) is 49.9 Å². The zero-order valence-electron chi connectivity index (χ0n) is 32.8. The first-order chi connectivity index (χ1) is 28.7. The summed E-state index contributed by atoms with van der Waals surface area (Å²) in [4.78, 5) is 47.3. The molecule has 0 aliphatic heterocycles. The molecule has 0 aliphatic rings. The highest BCUT2D eigenvalue weighted by Crippen LogP contribution is 2.24. The van der Waals surface area contributed by atoms with Crippen LogP contribution in [0.3, 0.4) is 0 Å². The Balaban J connectivity index is 0.000000294. The molecule has 0 unspecified atom stereocenters. The van der Waals surface area contributed by atoms with Crippen LogP contribution in [0.1, 0.15) is 22.3 Å². The lowest BCUT2D eigenvalue weighted by molar-refractivity contribution is -0.144. The van der Waals surface area contributed by atoms with Gasteiger partial charge in [-0.3, -0.25) is 24.0 Å². The number of hydrogen-bond donors (Lipinski definition) is 10. The third kappa shape index (κ3) is 21.2. The average molecular weight is 828 g/mol. The molecule has 0 saturated heterocycles. The van der Waals surface area contributed by atoms with Crippen molar-refractivity contribution in [1.29, 1.82) is 0 Å². The maximum atomic E-state index is 11.2. The van der Waals surface area contributed by atoms with E-state index in [0.29, 0.717) is 37.3 Å². The van der Waals surface area contributed by atoms with Gasteiger partial charge in [0.1, 0.15) is 41.4 Å². The molecule has 16 heteroatoms. The normalized spacial score (nSPS) is 12.2. The zero-order valence-corrected chi connectivity index (χ0v) is 32.8.